The molecule has 0 spiro atoms. The second kappa shape index (κ2) is 5.25. The van der Waals surface area contributed by atoms with Crippen LogP contribution in [0.5, 0.6) is 0 Å². The number of hydrogen-bond acceptors (Lipinski definition) is 9. The van der Waals surface area contributed by atoms with Gasteiger partial charge in [-0.2, -0.15) is 5.10 Å². The molecule has 3 aromatic rings. The lowest BCUT2D eigenvalue weighted by atomic mass is 9.76. The van der Waals surface area contributed by atoms with E-state index in [1.807, 2.05) is 6.92 Å². The van der Waals surface area contributed by atoms with Crippen molar-refractivity contribution in [1.29, 1.82) is 0 Å². The molecule has 26 heavy (non-hydrogen) atoms. The minimum atomic E-state index is -1.72. The Balaban J connectivity index is 1.78. The van der Waals surface area contributed by atoms with Crippen LogP contribution < -0.4 is 11.2 Å². The van der Waals surface area contributed by atoms with Crippen LogP contribution in [0.2, 0.25) is 0 Å². The second-order valence-electron chi connectivity index (χ2n) is 7.16. The number of nitrogen functional groups attached to an aromatic ring is 1. The fourth-order valence-electron chi connectivity index (χ4n) is 3.41. The summed E-state index contributed by atoms with van der Waals surface area (Å²) >= 11 is 0. The molecule has 11 heteroatoms. The highest BCUT2D eigenvalue weighted by atomic mass is 16.5. The number of hydrogen-bond donors (Lipinski definition) is 3. The predicted octanol–water partition coefficient (Wildman–Crippen LogP) is -0.634. The topological polar surface area (TPSA) is 145 Å². The molecule has 1 saturated heterocycles. The number of anilines is 1. The minimum absolute atomic E-state index is 0.160. The van der Waals surface area contributed by atoms with Gasteiger partial charge in [0.05, 0.1) is 24.1 Å². The molecule has 2 fully saturated rings. The molecule has 10 nitrogen and oxygen atoms in total. The van der Waals surface area contributed by atoms with Crippen LogP contribution in [0.25, 0.3) is 22.4 Å². The largest absolute Gasteiger partial charge is 0.494 e. The van der Waals surface area contributed by atoms with Crippen LogP contribution in [0, 0.1) is 0 Å². The maximum absolute atomic E-state index is 9.92. The van der Waals surface area contributed by atoms with E-state index in [1.165, 1.54) is 6.33 Å². The smallest absolute Gasteiger partial charge is 0.423 e. The van der Waals surface area contributed by atoms with Gasteiger partial charge in [0.25, 0.3) is 0 Å². The number of nitrogens with two attached hydrogens (primary N) is 1. The molecule has 5 rings (SSSR count). The molecule has 3 aromatic heterocycles. The Kier molecular flexibility index (Phi) is 3.18. The Morgan fingerprint density at radius 3 is 2.65 bits per heavy atom. The van der Waals surface area contributed by atoms with E-state index >= 15 is 0 Å². The van der Waals surface area contributed by atoms with Gasteiger partial charge in [-0.25, -0.2) is 14.6 Å². The first-order chi connectivity index (χ1) is 12.5. The average molecular weight is 356 g/mol. The third kappa shape index (κ3) is 2.11. The van der Waals surface area contributed by atoms with Gasteiger partial charge in [-0.05, 0) is 19.8 Å². The third-order valence-corrected chi connectivity index (χ3v) is 5.02. The molecule has 0 bridgehead atoms. The van der Waals surface area contributed by atoms with Gasteiger partial charge in [-0.15, -0.1) is 0 Å². The standard InChI is InChI=1S/C15H17BN6O4/c1-15(4-25-5-15)22-14-8(13(17)18-6-19-14)10(20-22)11-9(16(23)24)12(26-21-11)7-2-3-7/h6-7,23-24H,2-5H2,1H3,(H2,17,18,19). The summed E-state index contributed by atoms with van der Waals surface area (Å²) in [5, 5.41) is 29.1. The molecule has 2 aliphatic rings. The molecule has 1 aliphatic carbocycles. The molecule has 1 aliphatic heterocycles. The Hall–Kier alpha value is -2.50. The SMILES string of the molecule is CC1(n2nc(-c3noc(C4CC4)c3B(O)O)c3c(N)ncnc32)COC1. The van der Waals surface area contributed by atoms with Crippen molar-refractivity contribution in [3.8, 4) is 11.4 Å². The average Bonchev–Trinajstić information content (AvgIpc) is 3.20. The first-order valence-corrected chi connectivity index (χ1v) is 8.43. The predicted molar refractivity (Wildman–Crippen MR) is 91.5 cm³/mol. The molecular formula is C15H17BN6O4. The quantitative estimate of drug-likeness (QED) is 0.520. The maximum atomic E-state index is 9.92. The number of ether oxygens (including phenoxy) is 1. The van der Waals surface area contributed by atoms with Crippen LogP contribution in [-0.4, -0.2) is 55.3 Å². The van der Waals surface area contributed by atoms with Crippen LogP contribution in [0.15, 0.2) is 10.9 Å². The second-order valence-corrected chi connectivity index (χ2v) is 7.16. The maximum Gasteiger partial charge on any atom is 0.494 e. The number of aromatic nitrogens is 5. The van der Waals surface area contributed by atoms with Crippen molar-refractivity contribution < 1.29 is 19.3 Å². The minimum Gasteiger partial charge on any atom is -0.423 e. The summed E-state index contributed by atoms with van der Waals surface area (Å²) in [7, 11) is -1.72. The van der Waals surface area contributed by atoms with E-state index in [4.69, 9.17) is 15.0 Å². The molecule has 0 amide bonds. The van der Waals surface area contributed by atoms with E-state index in [0.717, 1.165) is 12.8 Å². The van der Waals surface area contributed by atoms with Gasteiger partial charge in [0.15, 0.2) is 5.65 Å². The molecule has 0 atom stereocenters. The Morgan fingerprint density at radius 1 is 1.27 bits per heavy atom. The van der Waals surface area contributed by atoms with Gasteiger partial charge in [0.2, 0.25) is 0 Å². The van der Waals surface area contributed by atoms with Crippen molar-refractivity contribution in [2.24, 2.45) is 0 Å². The van der Waals surface area contributed by atoms with E-state index < -0.39 is 7.12 Å². The zero-order chi connectivity index (χ0) is 18.1. The van der Waals surface area contributed by atoms with Gasteiger partial charge in [-0.3, -0.25) is 0 Å². The number of fused-ring (bicyclic) bond motifs is 1. The van der Waals surface area contributed by atoms with Crippen LogP contribution >= 0.6 is 0 Å². The van der Waals surface area contributed by atoms with Crippen molar-refractivity contribution in [3.05, 3.63) is 12.1 Å². The highest BCUT2D eigenvalue weighted by Crippen LogP contribution is 2.41. The molecule has 0 radical (unpaired) electrons. The summed E-state index contributed by atoms with van der Waals surface area (Å²) in [6.07, 6.45) is 3.25. The highest BCUT2D eigenvalue weighted by molar-refractivity contribution is 6.61. The normalized spacial score (nSPS) is 18.9. The fourth-order valence-corrected chi connectivity index (χ4v) is 3.41. The lowest BCUT2D eigenvalue weighted by Gasteiger charge is -2.38. The molecule has 0 unspecified atom stereocenters. The van der Waals surface area contributed by atoms with Crippen molar-refractivity contribution in [2.45, 2.75) is 31.2 Å². The lowest BCUT2D eigenvalue weighted by Crippen LogP contribution is -2.49. The number of nitrogens with zero attached hydrogens (tertiary/aromatic N) is 5. The fraction of sp³-hybridized carbons (Fsp3) is 0.467. The van der Waals surface area contributed by atoms with E-state index in [2.05, 4.69) is 20.2 Å². The van der Waals surface area contributed by atoms with E-state index in [1.54, 1.807) is 4.68 Å². The van der Waals surface area contributed by atoms with Crippen molar-refractivity contribution in [2.75, 3.05) is 18.9 Å². The van der Waals surface area contributed by atoms with Crippen molar-refractivity contribution in [3.63, 3.8) is 0 Å². The number of rotatable bonds is 4. The summed E-state index contributed by atoms with van der Waals surface area (Å²) in [5.74, 6) is 0.897. The van der Waals surface area contributed by atoms with Crippen molar-refractivity contribution >= 4 is 29.4 Å². The van der Waals surface area contributed by atoms with Crippen LogP contribution in [0.4, 0.5) is 5.82 Å². The zero-order valence-corrected chi connectivity index (χ0v) is 14.1. The Labute approximate surface area is 148 Å². The first-order valence-electron chi connectivity index (χ1n) is 8.43. The van der Waals surface area contributed by atoms with Gasteiger partial charge >= 0.3 is 7.12 Å². The van der Waals surface area contributed by atoms with Gasteiger partial charge in [-0.1, -0.05) is 5.16 Å². The summed E-state index contributed by atoms with van der Waals surface area (Å²) in [6, 6.07) is 0. The Bertz CT molecular complexity index is 1010. The zero-order valence-electron chi connectivity index (χ0n) is 14.1. The van der Waals surface area contributed by atoms with Gasteiger partial charge in [0.1, 0.15) is 34.8 Å². The third-order valence-electron chi connectivity index (χ3n) is 5.02. The van der Waals surface area contributed by atoms with E-state index in [-0.39, 0.29) is 28.4 Å². The van der Waals surface area contributed by atoms with E-state index in [0.29, 0.717) is 35.7 Å². The molecule has 4 heterocycles. The summed E-state index contributed by atoms with van der Waals surface area (Å²) in [5.41, 5.74) is 7.16. The summed E-state index contributed by atoms with van der Waals surface area (Å²) in [6.45, 7) is 2.99. The Morgan fingerprint density at radius 2 is 2.04 bits per heavy atom. The molecule has 4 N–H and O–H groups in total. The summed E-state index contributed by atoms with van der Waals surface area (Å²) in [4.78, 5) is 8.40. The van der Waals surface area contributed by atoms with Gasteiger partial charge in [0, 0.05) is 5.92 Å². The molecule has 0 aromatic carbocycles. The van der Waals surface area contributed by atoms with Crippen LogP contribution in [-0.2, 0) is 10.3 Å². The molecule has 134 valence electrons. The van der Waals surface area contributed by atoms with Crippen molar-refractivity contribution in [1.82, 2.24) is 24.9 Å². The van der Waals surface area contributed by atoms with Gasteiger partial charge < -0.3 is 25.0 Å². The monoisotopic (exact) mass is 356 g/mol. The molecule has 1 saturated carbocycles. The highest BCUT2D eigenvalue weighted by Gasteiger charge is 2.41. The first kappa shape index (κ1) is 15.7. The summed E-state index contributed by atoms with van der Waals surface area (Å²) < 4.78 is 12.5. The van der Waals surface area contributed by atoms with Crippen LogP contribution in [0.1, 0.15) is 31.4 Å². The lowest BCUT2D eigenvalue weighted by molar-refractivity contribution is -0.0936. The van der Waals surface area contributed by atoms with Crippen LogP contribution in [0.3, 0.4) is 0 Å². The molecular weight excluding hydrogens is 339 g/mol. The van der Waals surface area contributed by atoms with E-state index in [9.17, 15) is 10.0 Å².